The van der Waals surface area contributed by atoms with Gasteiger partial charge in [0.15, 0.2) is 0 Å². The molecule has 1 saturated carbocycles. The fourth-order valence-corrected chi connectivity index (χ4v) is 16.7. The van der Waals surface area contributed by atoms with Crippen molar-refractivity contribution in [2.75, 3.05) is 0 Å². The molecule has 5 atom stereocenters. The Labute approximate surface area is 121 Å². The third-order valence-corrected chi connectivity index (χ3v) is 18.0. The van der Waals surface area contributed by atoms with E-state index in [-0.39, 0.29) is 0 Å². The summed E-state index contributed by atoms with van der Waals surface area (Å²) in [5.74, 6) is 0. The van der Waals surface area contributed by atoms with Crippen LogP contribution in [0, 0.1) is 0 Å². The molecule has 0 radical (unpaired) electrons. The van der Waals surface area contributed by atoms with Crippen molar-refractivity contribution in [2.24, 2.45) is 0 Å². The van der Waals surface area contributed by atoms with E-state index in [1.807, 2.05) is 0 Å². The normalized spacial score (nSPS) is 52.9. The second kappa shape index (κ2) is 5.02. The molecule has 4 heteroatoms. The fourth-order valence-electron chi connectivity index (χ4n) is 2.95. The predicted octanol–water partition coefficient (Wildman–Crippen LogP) is 3.54. The van der Waals surface area contributed by atoms with E-state index in [0.29, 0.717) is 0 Å². The van der Waals surface area contributed by atoms with Gasteiger partial charge in [-0.05, 0) is 0 Å². The van der Waals surface area contributed by atoms with E-state index in [2.05, 4.69) is 37.4 Å². The molecule has 0 N–H and O–H groups in total. The van der Waals surface area contributed by atoms with Crippen LogP contribution in [0.15, 0.2) is 0 Å². The van der Waals surface area contributed by atoms with E-state index < -0.39 is 0 Å². The third-order valence-electron chi connectivity index (χ3n) is 3.70. The van der Waals surface area contributed by atoms with Crippen LogP contribution in [0.25, 0.3) is 0 Å². The number of rotatable bonds is 0. The van der Waals surface area contributed by atoms with Gasteiger partial charge in [-0.2, -0.15) is 0 Å². The monoisotopic (exact) mass is 388 g/mol. The van der Waals surface area contributed by atoms with Gasteiger partial charge in [0.1, 0.15) is 0 Å². The van der Waals surface area contributed by atoms with Crippen LogP contribution in [0.2, 0.25) is 13.9 Å². The molecule has 3 aliphatic rings. The molecule has 0 aromatic carbocycles. The van der Waals surface area contributed by atoms with E-state index in [0.717, 1.165) is 54.1 Å². The zero-order valence-corrected chi connectivity index (χ0v) is 15.0. The Balaban J connectivity index is 1.89. The average Bonchev–Trinajstić information content (AvgIpc) is 2.35. The molecule has 2 bridgehead atoms. The molecule has 5 unspecified atom stereocenters. The summed E-state index contributed by atoms with van der Waals surface area (Å²) in [6, 6.07) is 0. The van der Waals surface area contributed by atoms with E-state index in [9.17, 15) is 0 Å². The maximum absolute atomic E-state index is 2.48. The second-order valence-corrected chi connectivity index (χ2v) is 15.4. The number of hydrogen-bond donors (Lipinski definition) is 0. The van der Waals surface area contributed by atoms with Gasteiger partial charge in [-0.3, -0.25) is 0 Å². The minimum absolute atomic E-state index is 0.887. The Bertz CT molecular complexity index is 274. The maximum atomic E-state index is 2.48. The van der Waals surface area contributed by atoms with Crippen LogP contribution in [0.5, 0.6) is 0 Å². The Kier molecular flexibility index (Phi) is 4.00. The average molecular weight is 386 g/mol. The molecule has 0 nitrogen and oxygen atoms in total. The first kappa shape index (κ1) is 12.8. The first-order chi connectivity index (χ1) is 7.70. The van der Waals surface area contributed by atoms with E-state index in [4.69, 9.17) is 0 Å². The number of hydrogen-bond acceptors (Lipinski definition) is 2. The van der Waals surface area contributed by atoms with Gasteiger partial charge in [-0.1, -0.05) is 0 Å². The van der Waals surface area contributed by atoms with Crippen molar-refractivity contribution in [2.45, 2.75) is 68.0 Å². The Morgan fingerprint density at radius 3 is 2.50 bits per heavy atom. The molecule has 0 aromatic heterocycles. The zero-order chi connectivity index (χ0) is 11.2. The fraction of sp³-hybridized carbons (Fsp3) is 1.00. The van der Waals surface area contributed by atoms with Crippen molar-refractivity contribution in [3.05, 3.63) is 0 Å². The summed E-state index contributed by atoms with van der Waals surface area (Å²) in [4.78, 5) is 0. The molecular weight excluding hydrogens is 366 g/mol. The van der Waals surface area contributed by atoms with Gasteiger partial charge in [0.05, 0.1) is 0 Å². The summed E-state index contributed by atoms with van der Waals surface area (Å²) in [7, 11) is 0. The number of thioether (sulfide) groups is 2. The van der Waals surface area contributed by atoms with Gasteiger partial charge in [0.25, 0.3) is 0 Å². The Morgan fingerprint density at radius 1 is 1.06 bits per heavy atom. The van der Waals surface area contributed by atoms with Gasteiger partial charge in [0, 0.05) is 0 Å². The molecule has 0 spiro atoms. The van der Waals surface area contributed by atoms with Crippen LogP contribution in [0.1, 0.15) is 33.1 Å². The van der Waals surface area contributed by atoms with Crippen LogP contribution in [0.3, 0.4) is 0 Å². The topological polar surface area (TPSA) is 0 Å². The standard InChI is InChI=1S/C12H20S2Se2/c1-8-6-15-12-5-3-4-10(13-8)11(12)14-9(2)7-16-12/h8-11H,3-7H2,1-2H3. The summed E-state index contributed by atoms with van der Waals surface area (Å²) in [6.07, 6.45) is 4.66. The van der Waals surface area contributed by atoms with Crippen LogP contribution < -0.4 is 0 Å². The molecule has 0 aromatic rings. The minimum atomic E-state index is 0.887. The summed E-state index contributed by atoms with van der Waals surface area (Å²) in [6.45, 7) is 4.96. The van der Waals surface area contributed by atoms with Gasteiger partial charge in [-0.15, -0.1) is 0 Å². The zero-order valence-electron chi connectivity index (χ0n) is 9.98. The molecule has 92 valence electrons. The predicted molar refractivity (Wildman–Crippen MR) is 79.3 cm³/mol. The van der Waals surface area contributed by atoms with Crippen LogP contribution in [-0.4, -0.2) is 50.9 Å². The molecule has 3 fully saturated rings. The van der Waals surface area contributed by atoms with Crippen LogP contribution in [0.4, 0.5) is 0 Å². The first-order valence-corrected chi connectivity index (χ1v) is 12.3. The van der Waals surface area contributed by atoms with Gasteiger partial charge >= 0.3 is 121 Å². The van der Waals surface area contributed by atoms with Crippen molar-refractivity contribution in [3.8, 4) is 0 Å². The SMILES string of the molecule is CC1C[Se]C23CCCC(S1)C2SC(C)C[Se]3. The third kappa shape index (κ3) is 2.28. The van der Waals surface area contributed by atoms with Crippen molar-refractivity contribution in [1.82, 2.24) is 0 Å². The van der Waals surface area contributed by atoms with E-state index in [1.54, 1.807) is 23.5 Å². The van der Waals surface area contributed by atoms with Gasteiger partial charge in [-0.25, -0.2) is 0 Å². The summed E-state index contributed by atoms with van der Waals surface area (Å²) >= 11 is 6.64. The molecule has 0 amide bonds. The summed E-state index contributed by atoms with van der Waals surface area (Å²) in [5, 5.41) is 7.10. The van der Waals surface area contributed by atoms with Crippen LogP contribution in [-0.2, 0) is 0 Å². The Hall–Kier alpha value is 1.74. The molecule has 3 rings (SSSR count). The first-order valence-electron chi connectivity index (χ1n) is 6.28. The van der Waals surface area contributed by atoms with Crippen molar-refractivity contribution >= 4 is 53.4 Å². The molecule has 1 aliphatic carbocycles. The Morgan fingerprint density at radius 2 is 1.75 bits per heavy atom. The van der Waals surface area contributed by atoms with Gasteiger partial charge in [0.2, 0.25) is 0 Å². The van der Waals surface area contributed by atoms with Gasteiger partial charge < -0.3 is 0 Å². The summed E-state index contributed by atoms with van der Waals surface area (Å²) in [5.41, 5.74) is 0. The quantitative estimate of drug-likeness (QED) is 0.584. The van der Waals surface area contributed by atoms with Crippen molar-refractivity contribution in [3.63, 3.8) is 0 Å². The molecule has 16 heavy (non-hydrogen) atoms. The van der Waals surface area contributed by atoms with E-state index >= 15 is 0 Å². The molecule has 2 saturated heterocycles. The molecule has 2 heterocycles. The van der Waals surface area contributed by atoms with Crippen molar-refractivity contribution in [1.29, 1.82) is 0 Å². The van der Waals surface area contributed by atoms with Crippen molar-refractivity contribution < 1.29 is 0 Å². The molecular formula is C12H20S2Se2. The summed E-state index contributed by atoms with van der Waals surface area (Å²) < 4.78 is 0.887. The second-order valence-electron chi connectivity index (χ2n) is 5.18. The van der Waals surface area contributed by atoms with E-state index in [1.165, 1.54) is 6.42 Å². The van der Waals surface area contributed by atoms with Crippen LogP contribution >= 0.6 is 23.5 Å². The molecule has 2 aliphatic heterocycles.